The average Bonchev–Trinajstić information content (AvgIpc) is 3.05. The van der Waals surface area contributed by atoms with Gasteiger partial charge in [-0.05, 0) is 49.8 Å². The van der Waals surface area contributed by atoms with Gasteiger partial charge < -0.3 is 9.73 Å². The van der Waals surface area contributed by atoms with Gasteiger partial charge in [-0.25, -0.2) is 0 Å². The molecule has 106 valence electrons. The summed E-state index contributed by atoms with van der Waals surface area (Å²) in [4.78, 5) is 1.47. The van der Waals surface area contributed by atoms with E-state index in [1.54, 1.807) is 11.3 Å². The van der Waals surface area contributed by atoms with Crippen LogP contribution in [0.2, 0.25) is 4.34 Å². The Morgan fingerprint density at radius 1 is 1.15 bits per heavy atom. The van der Waals surface area contributed by atoms with Crippen molar-refractivity contribution < 1.29 is 4.42 Å². The summed E-state index contributed by atoms with van der Waals surface area (Å²) >= 11 is 7.95. The van der Waals surface area contributed by atoms with E-state index in [1.807, 2.05) is 6.26 Å². The second-order valence-corrected chi connectivity index (χ2v) is 7.55. The minimum absolute atomic E-state index is 0.437. The van der Waals surface area contributed by atoms with Crippen molar-refractivity contribution in [1.29, 1.82) is 0 Å². The number of thiophene rings is 1. The molecule has 2 heterocycles. The van der Waals surface area contributed by atoms with Crippen LogP contribution in [0.15, 0.2) is 22.8 Å². The second kappa shape index (κ2) is 5.21. The Hall–Kier alpha value is -0.770. The van der Waals surface area contributed by atoms with Crippen molar-refractivity contribution >= 4 is 22.9 Å². The highest BCUT2D eigenvalue weighted by molar-refractivity contribution is 7.16. The maximum absolute atomic E-state index is 6.20. The zero-order valence-electron chi connectivity index (χ0n) is 11.3. The van der Waals surface area contributed by atoms with Gasteiger partial charge in [-0.2, -0.15) is 0 Å². The van der Waals surface area contributed by atoms with E-state index in [4.69, 9.17) is 16.0 Å². The first-order valence-corrected chi connectivity index (χ1v) is 8.61. The molecule has 4 rings (SSSR count). The zero-order valence-corrected chi connectivity index (χ0v) is 12.9. The molecule has 1 N–H and O–H groups in total. The summed E-state index contributed by atoms with van der Waals surface area (Å²) in [6.45, 7) is 0. The molecule has 0 amide bonds. The molecule has 0 saturated heterocycles. The van der Waals surface area contributed by atoms with Gasteiger partial charge >= 0.3 is 0 Å². The number of halogens is 1. The Bertz CT molecular complexity index is 618. The highest BCUT2D eigenvalue weighted by atomic mass is 35.5. The molecular formula is C16H18ClNOS. The summed E-state index contributed by atoms with van der Waals surface area (Å²) in [5, 5.41) is 3.86. The Morgan fingerprint density at radius 3 is 2.85 bits per heavy atom. The molecule has 0 aliphatic heterocycles. The van der Waals surface area contributed by atoms with E-state index in [2.05, 4.69) is 17.4 Å². The first-order valence-electron chi connectivity index (χ1n) is 7.41. The van der Waals surface area contributed by atoms with Crippen LogP contribution >= 0.6 is 22.9 Å². The number of nitrogens with one attached hydrogen (secondary N) is 1. The molecule has 0 fully saturated rings. The molecule has 0 spiro atoms. The number of aryl methyl sites for hydroxylation is 2. The van der Waals surface area contributed by atoms with Crippen molar-refractivity contribution in [3.63, 3.8) is 0 Å². The highest BCUT2D eigenvalue weighted by Crippen LogP contribution is 2.40. The lowest BCUT2D eigenvalue weighted by atomic mass is 9.89. The fraction of sp³-hybridized carbons (Fsp3) is 0.500. The lowest BCUT2D eigenvalue weighted by molar-refractivity contribution is 0.355. The molecular weight excluding hydrogens is 290 g/mol. The van der Waals surface area contributed by atoms with E-state index in [0.29, 0.717) is 12.1 Å². The fourth-order valence-corrected chi connectivity index (χ4v) is 4.98. The van der Waals surface area contributed by atoms with Crippen LogP contribution in [0.4, 0.5) is 0 Å². The Morgan fingerprint density at radius 2 is 1.95 bits per heavy atom. The fourth-order valence-electron chi connectivity index (χ4n) is 3.60. The van der Waals surface area contributed by atoms with Crippen LogP contribution in [0, 0.1) is 0 Å². The second-order valence-electron chi connectivity index (χ2n) is 5.78. The maximum Gasteiger partial charge on any atom is 0.108 e. The van der Waals surface area contributed by atoms with Crippen LogP contribution < -0.4 is 5.32 Å². The van der Waals surface area contributed by atoms with Crippen molar-refractivity contribution in [3.8, 4) is 0 Å². The summed E-state index contributed by atoms with van der Waals surface area (Å²) in [6.07, 6.45) is 8.99. The van der Waals surface area contributed by atoms with Crippen molar-refractivity contribution in [2.24, 2.45) is 0 Å². The Kier molecular flexibility index (Phi) is 3.37. The van der Waals surface area contributed by atoms with E-state index < -0.39 is 0 Å². The molecule has 2 aromatic rings. The van der Waals surface area contributed by atoms with Crippen LogP contribution in [0.25, 0.3) is 0 Å². The molecule has 0 saturated carbocycles. The quantitative estimate of drug-likeness (QED) is 0.841. The topological polar surface area (TPSA) is 25.2 Å². The van der Waals surface area contributed by atoms with Gasteiger partial charge in [0, 0.05) is 28.9 Å². The maximum atomic E-state index is 6.20. The summed E-state index contributed by atoms with van der Waals surface area (Å²) in [7, 11) is 0. The van der Waals surface area contributed by atoms with Crippen LogP contribution in [0.1, 0.15) is 59.5 Å². The van der Waals surface area contributed by atoms with Crippen LogP contribution in [0.5, 0.6) is 0 Å². The summed E-state index contributed by atoms with van der Waals surface area (Å²) < 4.78 is 6.52. The van der Waals surface area contributed by atoms with Gasteiger partial charge in [0.15, 0.2) is 0 Å². The van der Waals surface area contributed by atoms with E-state index in [1.165, 1.54) is 53.9 Å². The van der Waals surface area contributed by atoms with Crippen molar-refractivity contribution in [2.45, 2.75) is 50.6 Å². The molecule has 0 aromatic carbocycles. The van der Waals surface area contributed by atoms with Gasteiger partial charge in [0.1, 0.15) is 5.76 Å². The predicted octanol–water partition coefficient (Wildman–Crippen LogP) is 5.04. The lowest BCUT2D eigenvalue weighted by Gasteiger charge is -2.30. The normalized spacial score (nSPS) is 25.2. The first-order chi connectivity index (χ1) is 9.81. The SMILES string of the molecule is Clc1cc2c(s1)CCCC2NC1CCCc2occc21. The van der Waals surface area contributed by atoms with E-state index in [-0.39, 0.29) is 0 Å². The van der Waals surface area contributed by atoms with Gasteiger partial charge in [0.05, 0.1) is 10.6 Å². The van der Waals surface area contributed by atoms with Crippen LogP contribution in [0.3, 0.4) is 0 Å². The third-order valence-electron chi connectivity index (χ3n) is 4.54. The molecule has 4 heteroatoms. The third-order valence-corrected chi connectivity index (χ3v) is 5.88. The molecule has 2 aliphatic rings. The van der Waals surface area contributed by atoms with Gasteiger partial charge in [-0.15, -0.1) is 11.3 Å². The first kappa shape index (κ1) is 12.9. The van der Waals surface area contributed by atoms with Gasteiger partial charge in [-0.3, -0.25) is 0 Å². The molecule has 2 nitrogen and oxygen atoms in total. The van der Waals surface area contributed by atoms with Gasteiger partial charge in [0.2, 0.25) is 0 Å². The summed E-state index contributed by atoms with van der Waals surface area (Å²) in [6, 6.07) is 5.19. The molecule has 2 unspecified atom stereocenters. The summed E-state index contributed by atoms with van der Waals surface area (Å²) in [5.74, 6) is 1.17. The minimum atomic E-state index is 0.437. The number of fused-ring (bicyclic) bond motifs is 2. The number of furan rings is 1. The van der Waals surface area contributed by atoms with Gasteiger partial charge in [-0.1, -0.05) is 11.6 Å². The van der Waals surface area contributed by atoms with E-state index in [0.717, 1.165) is 10.8 Å². The summed E-state index contributed by atoms with van der Waals surface area (Å²) in [5.41, 5.74) is 2.80. The molecule has 2 aromatic heterocycles. The molecule has 20 heavy (non-hydrogen) atoms. The minimum Gasteiger partial charge on any atom is -0.469 e. The largest absolute Gasteiger partial charge is 0.469 e. The highest BCUT2D eigenvalue weighted by Gasteiger charge is 2.28. The predicted molar refractivity (Wildman–Crippen MR) is 82.5 cm³/mol. The third kappa shape index (κ3) is 2.22. The zero-order chi connectivity index (χ0) is 13.5. The van der Waals surface area contributed by atoms with Crippen molar-refractivity contribution in [2.75, 3.05) is 0 Å². The van der Waals surface area contributed by atoms with Crippen molar-refractivity contribution in [3.05, 3.63) is 44.5 Å². The Balaban J connectivity index is 1.59. The standard InChI is InChI=1S/C16H18ClNOS/c17-16-9-11-13(4-2-6-15(11)20-16)18-12-3-1-5-14-10(12)7-8-19-14/h7-9,12-13,18H,1-6H2. The van der Waals surface area contributed by atoms with E-state index >= 15 is 0 Å². The lowest BCUT2D eigenvalue weighted by Crippen LogP contribution is -2.30. The average molecular weight is 308 g/mol. The number of hydrogen-bond donors (Lipinski definition) is 1. The van der Waals surface area contributed by atoms with Crippen LogP contribution in [-0.2, 0) is 12.8 Å². The number of rotatable bonds is 2. The monoisotopic (exact) mass is 307 g/mol. The molecule has 2 atom stereocenters. The number of hydrogen-bond acceptors (Lipinski definition) is 3. The smallest absolute Gasteiger partial charge is 0.108 e. The van der Waals surface area contributed by atoms with Crippen molar-refractivity contribution in [1.82, 2.24) is 5.32 Å². The molecule has 0 radical (unpaired) electrons. The molecule has 0 bridgehead atoms. The Labute approximate surface area is 128 Å². The van der Waals surface area contributed by atoms with E-state index in [9.17, 15) is 0 Å². The van der Waals surface area contributed by atoms with Crippen LogP contribution in [-0.4, -0.2) is 0 Å². The molecule has 2 aliphatic carbocycles. The van der Waals surface area contributed by atoms with Gasteiger partial charge in [0.25, 0.3) is 0 Å².